The first-order valence-corrected chi connectivity index (χ1v) is 7.41. The zero-order valence-corrected chi connectivity index (χ0v) is 12.8. The fourth-order valence-corrected chi connectivity index (χ4v) is 3.08. The van der Waals surface area contributed by atoms with Gasteiger partial charge in [0.25, 0.3) is 0 Å². The molecule has 0 fully saturated rings. The first kappa shape index (κ1) is 13.4. The van der Waals surface area contributed by atoms with Crippen LogP contribution in [0.4, 0.5) is 0 Å². The van der Waals surface area contributed by atoms with Crippen molar-refractivity contribution in [2.24, 2.45) is 0 Å². The molecule has 108 valence electrons. The minimum Gasteiger partial charge on any atom is -0.346 e. The fraction of sp³-hybridized carbons (Fsp3) is 0. The third-order valence-corrected chi connectivity index (χ3v) is 4.13. The number of aromatic amines is 1. The molecular weight excluding hydrogens is 319 g/mol. The molecule has 0 aliphatic rings. The Bertz CT molecular complexity index is 951. The van der Waals surface area contributed by atoms with E-state index in [1.165, 1.54) is 0 Å². The largest absolute Gasteiger partial charge is 0.346 e. The van der Waals surface area contributed by atoms with Gasteiger partial charge in [-0.25, -0.2) is 9.67 Å². The second-order valence-electron chi connectivity index (χ2n) is 4.84. The Hall–Kier alpha value is -2.30. The van der Waals surface area contributed by atoms with Crippen LogP contribution in [-0.4, -0.2) is 19.7 Å². The Balaban J connectivity index is 1.87. The lowest BCUT2D eigenvalue weighted by molar-refractivity contribution is 0.881. The van der Waals surface area contributed by atoms with Gasteiger partial charge < -0.3 is 4.98 Å². The van der Waals surface area contributed by atoms with Crippen molar-refractivity contribution in [3.63, 3.8) is 0 Å². The van der Waals surface area contributed by atoms with E-state index in [0.29, 0.717) is 15.7 Å². The molecule has 0 saturated carbocycles. The fourth-order valence-electron chi connectivity index (χ4n) is 2.50. The summed E-state index contributed by atoms with van der Waals surface area (Å²) in [5.74, 6) is 0. The van der Waals surface area contributed by atoms with Crippen molar-refractivity contribution in [2.75, 3.05) is 0 Å². The van der Waals surface area contributed by atoms with Crippen LogP contribution in [0.5, 0.6) is 0 Å². The molecule has 3 aromatic heterocycles. The molecule has 0 saturated heterocycles. The summed E-state index contributed by atoms with van der Waals surface area (Å²) in [5.41, 5.74) is 3.56. The van der Waals surface area contributed by atoms with Gasteiger partial charge in [-0.15, -0.1) is 0 Å². The Morgan fingerprint density at radius 1 is 1.05 bits per heavy atom. The van der Waals surface area contributed by atoms with Crippen LogP contribution in [0.15, 0.2) is 55.1 Å². The predicted octanol–water partition coefficient (Wildman–Crippen LogP) is 4.72. The molecule has 0 bridgehead atoms. The Morgan fingerprint density at radius 2 is 1.86 bits per heavy atom. The van der Waals surface area contributed by atoms with Gasteiger partial charge in [0.1, 0.15) is 11.3 Å². The maximum Gasteiger partial charge on any atom is 0.137 e. The van der Waals surface area contributed by atoms with Gasteiger partial charge in [-0.05, 0) is 29.8 Å². The van der Waals surface area contributed by atoms with Crippen LogP contribution < -0.4 is 0 Å². The van der Waals surface area contributed by atoms with Crippen molar-refractivity contribution in [1.82, 2.24) is 19.7 Å². The minimum atomic E-state index is 0.559. The predicted molar refractivity (Wildman–Crippen MR) is 88.7 cm³/mol. The molecule has 0 amide bonds. The lowest BCUT2D eigenvalue weighted by atomic mass is 10.1. The molecule has 0 radical (unpaired) electrons. The molecule has 0 unspecified atom stereocenters. The minimum absolute atomic E-state index is 0.559. The summed E-state index contributed by atoms with van der Waals surface area (Å²) in [6.07, 6.45) is 7.35. The summed E-state index contributed by atoms with van der Waals surface area (Å²) in [6.45, 7) is 0. The third-order valence-electron chi connectivity index (χ3n) is 3.52. The molecule has 1 aromatic carbocycles. The summed E-state index contributed by atoms with van der Waals surface area (Å²) < 4.78 is 1.69. The summed E-state index contributed by atoms with van der Waals surface area (Å²) in [5, 5.41) is 6.56. The van der Waals surface area contributed by atoms with Gasteiger partial charge in [0.05, 0.1) is 16.2 Å². The van der Waals surface area contributed by atoms with E-state index in [4.69, 9.17) is 23.2 Å². The molecule has 1 N–H and O–H groups in total. The van der Waals surface area contributed by atoms with Crippen LogP contribution >= 0.6 is 23.2 Å². The Kier molecular flexibility index (Phi) is 3.13. The van der Waals surface area contributed by atoms with Crippen LogP contribution in [0.2, 0.25) is 10.0 Å². The van der Waals surface area contributed by atoms with E-state index < -0.39 is 0 Å². The molecule has 4 nitrogen and oxygen atoms in total. The van der Waals surface area contributed by atoms with Crippen molar-refractivity contribution < 1.29 is 0 Å². The molecule has 0 aliphatic carbocycles. The van der Waals surface area contributed by atoms with Crippen molar-refractivity contribution >= 4 is 34.2 Å². The van der Waals surface area contributed by atoms with Crippen LogP contribution in [0, 0.1) is 0 Å². The number of nitrogens with zero attached hydrogens (tertiary/aromatic N) is 3. The first-order valence-electron chi connectivity index (χ1n) is 6.65. The highest BCUT2D eigenvalue weighted by molar-refractivity contribution is 6.37. The quantitative estimate of drug-likeness (QED) is 0.578. The maximum atomic E-state index is 6.24. The van der Waals surface area contributed by atoms with Crippen LogP contribution in [0.25, 0.3) is 27.8 Å². The van der Waals surface area contributed by atoms with Gasteiger partial charge in [0.15, 0.2) is 0 Å². The number of H-pyrrole nitrogens is 1. The summed E-state index contributed by atoms with van der Waals surface area (Å²) in [4.78, 5) is 7.40. The van der Waals surface area contributed by atoms with Gasteiger partial charge >= 0.3 is 0 Å². The van der Waals surface area contributed by atoms with Crippen LogP contribution in [-0.2, 0) is 0 Å². The highest BCUT2D eigenvalue weighted by atomic mass is 35.5. The van der Waals surface area contributed by atoms with E-state index in [2.05, 4.69) is 15.1 Å². The average Bonchev–Trinajstić information content (AvgIpc) is 3.15. The standard InChI is InChI=1S/C16H10Cl2N4/c17-13-2-1-3-14(18)15(13)22-9-10(8-21-22)11-4-6-19-16-12(11)5-7-20-16/h1-9H,(H,19,20). The van der Waals surface area contributed by atoms with Crippen molar-refractivity contribution in [2.45, 2.75) is 0 Å². The van der Waals surface area contributed by atoms with Gasteiger partial charge in [0, 0.05) is 29.5 Å². The van der Waals surface area contributed by atoms with Gasteiger partial charge in [-0.1, -0.05) is 29.3 Å². The number of nitrogens with one attached hydrogen (secondary N) is 1. The molecule has 0 aliphatic heterocycles. The molecule has 0 atom stereocenters. The van der Waals surface area contributed by atoms with E-state index in [1.54, 1.807) is 29.2 Å². The Morgan fingerprint density at radius 3 is 2.68 bits per heavy atom. The molecular formula is C16H10Cl2N4. The van der Waals surface area contributed by atoms with E-state index in [9.17, 15) is 0 Å². The van der Waals surface area contributed by atoms with E-state index in [-0.39, 0.29) is 0 Å². The SMILES string of the molecule is Clc1cccc(Cl)c1-n1cc(-c2ccnc3[nH]ccc23)cn1. The smallest absolute Gasteiger partial charge is 0.137 e. The number of pyridine rings is 1. The molecule has 6 heteroatoms. The molecule has 4 rings (SSSR count). The van der Waals surface area contributed by atoms with Crippen LogP contribution in [0.3, 0.4) is 0 Å². The van der Waals surface area contributed by atoms with Gasteiger partial charge in [0.2, 0.25) is 0 Å². The molecule has 4 aromatic rings. The Labute approximate surface area is 136 Å². The van der Waals surface area contributed by atoms with Crippen molar-refractivity contribution in [1.29, 1.82) is 0 Å². The first-order chi connectivity index (χ1) is 10.7. The number of rotatable bonds is 2. The number of para-hydroxylation sites is 1. The summed E-state index contributed by atoms with van der Waals surface area (Å²) in [7, 11) is 0. The maximum absolute atomic E-state index is 6.24. The molecule has 3 heterocycles. The van der Waals surface area contributed by atoms with Crippen molar-refractivity contribution in [3.8, 4) is 16.8 Å². The number of aromatic nitrogens is 4. The normalized spacial score (nSPS) is 11.2. The van der Waals surface area contributed by atoms with E-state index in [1.807, 2.05) is 30.6 Å². The third kappa shape index (κ3) is 2.08. The van der Waals surface area contributed by atoms with Gasteiger partial charge in [-0.2, -0.15) is 5.10 Å². The lowest BCUT2D eigenvalue weighted by Gasteiger charge is -2.06. The van der Waals surface area contributed by atoms with Crippen LogP contribution in [0.1, 0.15) is 0 Å². The molecule has 0 spiro atoms. The topological polar surface area (TPSA) is 46.5 Å². The van der Waals surface area contributed by atoms with Crippen molar-refractivity contribution in [3.05, 3.63) is 65.2 Å². The number of hydrogen-bond donors (Lipinski definition) is 1. The molecule has 22 heavy (non-hydrogen) atoms. The summed E-state index contributed by atoms with van der Waals surface area (Å²) in [6, 6.07) is 9.36. The van der Waals surface area contributed by atoms with Gasteiger partial charge in [-0.3, -0.25) is 0 Å². The zero-order chi connectivity index (χ0) is 15.1. The average molecular weight is 329 g/mol. The lowest BCUT2D eigenvalue weighted by Crippen LogP contribution is -1.96. The monoisotopic (exact) mass is 328 g/mol. The second-order valence-corrected chi connectivity index (χ2v) is 5.66. The number of benzene rings is 1. The number of halogens is 2. The summed E-state index contributed by atoms with van der Waals surface area (Å²) >= 11 is 12.5. The van der Waals surface area contributed by atoms with E-state index >= 15 is 0 Å². The highest BCUT2D eigenvalue weighted by Gasteiger charge is 2.12. The highest BCUT2D eigenvalue weighted by Crippen LogP contribution is 2.31. The zero-order valence-electron chi connectivity index (χ0n) is 11.3. The number of fused-ring (bicyclic) bond motifs is 1. The second kappa shape index (κ2) is 5.16. The number of hydrogen-bond acceptors (Lipinski definition) is 2. The van der Waals surface area contributed by atoms with E-state index in [0.717, 1.165) is 22.2 Å².